The highest BCUT2D eigenvalue weighted by Gasteiger charge is 2.41. The third-order valence-corrected chi connectivity index (χ3v) is 6.20. The second-order valence-corrected chi connectivity index (χ2v) is 9.32. The van der Waals surface area contributed by atoms with Crippen LogP contribution in [0.3, 0.4) is 0 Å². The zero-order chi connectivity index (χ0) is 23.3. The summed E-state index contributed by atoms with van der Waals surface area (Å²) in [4.78, 5) is 26.6. The van der Waals surface area contributed by atoms with Crippen molar-refractivity contribution in [2.45, 2.75) is 26.3 Å². The highest BCUT2D eigenvalue weighted by molar-refractivity contribution is 8.26. The number of amides is 1. The second-order valence-electron chi connectivity index (χ2n) is 7.64. The number of hydrogen-bond donors (Lipinski definition) is 1. The first-order valence-electron chi connectivity index (χ1n) is 10.2. The predicted octanol–water partition coefficient (Wildman–Crippen LogP) is 5.15. The van der Waals surface area contributed by atoms with Gasteiger partial charge in [-0.05, 0) is 41.7 Å². The predicted molar refractivity (Wildman–Crippen MR) is 130 cm³/mol. The van der Waals surface area contributed by atoms with E-state index in [4.69, 9.17) is 21.7 Å². The van der Waals surface area contributed by atoms with Gasteiger partial charge in [0.25, 0.3) is 5.91 Å². The molecule has 0 bridgehead atoms. The molecule has 2 aromatic carbocycles. The van der Waals surface area contributed by atoms with Gasteiger partial charge in [-0.2, -0.15) is 0 Å². The van der Waals surface area contributed by atoms with Crippen LogP contribution in [0.5, 0.6) is 11.5 Å². The third kappa shape index (κ3) is 5.49. The van der Waals surface area contributed by atoms with Crippen molar-refractivity contribution in [1.82, 2.24) is 4.90 Å². The molecule has 1 aliphatic heterocycles. The third-order valence-electron chi connectivity index (χ3n) is 4.87. The fourth-order valence-electron chi connectivity index (χ4n) is 3.19. The maximum atomic E-state index is 13.1. The lowest BCUT2D eigenvalue weighted by molar-refractivity contribution is -0.145. The molecule has 32 heavy (non-hydrogen) atoms. The number of carbonyl (C=O) groups is 2. The smallest absolute Gasteiger partial charge is 0.331 e. The normalized spacial score (nSPS) is 16.0. The highest BCUT2D eigenvalue weighted by Crippen LogP contribution is 2.39. The summed E-state index contributed by atoms with van der Waals surface area (Å²) in [6.07, 6.45) is 2.61. The molecule has 168 valence electrons. The highest BCUT2D eigenvalue weighted by atomic mass is 32.2. The van der Waals surface area contributed by atoms with Gasteiger partial charge in [-0.15, -0.1) is 0 Å². The Hall–Kier alpha value is -2.84. The average molecular weight is 472 g/mol. The lowest BCUT2D eigenvalue weighted by atomic mass is 10.1. The van der Waals surface area contributed by atoms with Crippen LogP contribution in [-0.4, -0.2) is 39.9 Å². The Morgan fingerprint density at radius 1 is 1.19 bits per heavy atom. The summed E-state index contributed by atoms with van der Waals surface area (Å²) in [7, 11) is 1.56. The standard InChI is InChI=1S/C24H25NO5S2/c1-15(2)11-12-30-18-10-9-16(13-19(18)29-3)14-20-22(26)25(24(31)32-20)21(23(27)28)17-7-5-4-6-8-17/h4-10,13-15,21H,11-12H2,1-3H3,(H,27,28)/b20-14+. The first-order chi connectivity index (χ1) is 15.3. The molecule has 0 spiro atoms. The Morgan fingerprint density at radius 3 is 2.53 bits per heavy atom. The van der Waals surface area contributed by atoms with Crippen molar-refractivity contribution >= 4 is 46.3 Å². The van der Waals surface area contributed by atoms with E-state index < -0.39 is 17.9 Å². The van der Waals surface area contributed by atoms with E-state index in [9.17, 15) is 14.7 Å². The zero-order valence-electron chi connectivity index (χ0n) is 18.1. The van der Waals surface area contributed by atoms with E-state index in [1.54, 1.807) is 55.7 Å². The molecule has 6 nitrogen and oxygen atoms in total. The van der Waals surface area contributed by atoms with E-state index in [0.29, 0.717) is 34.5 Å². The first kappa shape index (κ1) is 23.8. The summed E-state index contributed by atoms with van der Waals surface area (Å²) in [5.41, 5.74) is 1.22. The molecular formula is C24H25NO5S2. The number of carboxylic acids is 1. The van der Waals surface area contributed by atoms with Gasteiger partial charge in [-0.25, -0.2) is 4.79 Å². The lowest BCUT2D eigenvalue weighted by Gasteiger charge is -2.23. The number of carboxylic acid groups (broad SMARTS) is 1. The number of methoxy groups -OCH3 is 1. The van der Waals surface area contributed by atoms with E-state index in [2.05, 4.69) is 13.8 Å². The molecule has 1 atom stereocenters. The number of rotatable bonds is 9. The number of thioether (sulfide) groups is 1. The molecule has 1 N–H and O–H groups in total. The summed E-state index contributed by atoms with van der Waals surface area (Å²) in [6, 6.07) is 12.8. The zero-order valence-corrected chi connectivity index (χ0v) is 19.7. The number of carbonyl (C=O) groups excluding carboxylic acids is 1. The fraction of sp³-hybridized carbons (Fsp3) is 0.292. The molecule has 0 aromatic heterocycles. The minimum absolute atomic E-state index is 0.207. The molecule has 2 aromatic rings. The van der Waals surface area contributed by atoms with Crippen LogP contribution in [0.15, 0.2) is 53.4 Å². The van der Waals surface area contributed by atoms with Gasteiger partial charge in [0, 0.05) is 0 Å². The first-order valence-corrected chi connectivity index (χ1v) is 11.4. The minimum Gasteiger partial charge on any atom is -0.493 e. The van der Waals surface area contributed by atoms with E-state index in [1.165, 1.54) is 0 Å². The number of aliphatic carboxylic acids is 1. The van der Waals surface area contributed by atoms with Crippen molar-refractivity contribution in [3.05, 3.63) is 64.6 Å². The van der Waals surface area contributed by atoms with Crippen LogP contribution < -0.4 is 9.47 Å². The van der Waals surface area contributed by atoms with Gasteiger partial charge in [0.15, 0.2) is 17.5 Å². The monoisotopic (exact) mass is 471 g/mol. The minimum atomic E-state index is -1.18. The molecule has 0 saturated carbocycles. The number of nitrogens with zero attached hydrogens (tertiary/aromatic N) is 1. The molecule has 1 aliphatic rings. The van der Waals surface area contributed by atoms with Crippen LogP contribution >= 0.6 is 24.0 Å². The van der Waals surface area contributed by atoms with Crippen LogP contribution in [-0.2, 0) is 9.59 Å². The number of thiocarbonyl (C=S) groups is 1. The van der Waals surface area contributed by atoms with Crippen molar-refractivity contribution < 1.29 is 24.2 Å². The summed E-state index contributed by atoms with van der Waals surface area (Å²) in [6.45, 7) is 4.85. The molecule has 1 heterocycles. The molecule has 3 rings (SSSR count). The van der Waals surface area contributed by atoms with Gasteiger partial charge in [0.1, 0.15) is 4.32 Å². The Morgan fingerprint density at radius 2 is 1.91 bits per heavy atom. The van der Waals surface area contributed by atoms with Crippen LogP contribution in [0.1, 0.15) is 37.4 Å². The number of ether oxygens (including phenoxy) is 2. The van der Waals surface area contributed by atoms with Gasteiger partial charge < -0.3 is 14.6 Å². The quantitative estimate of drug-likeness (QED) is 0.400. The van der Waals surface area contributed by atoms with E-state index in [1.807, 2.05) is 6.07 Å². The van der Waals surface area contributed by atoms with Gasteiger partial charge in [-0.1, -0.05) is 74.2 Å². The molecule has 0 aliphatic carbocycles. The summed E-state index contributed by atoms with van der Waals surface area (Å²) >= 11 is 6.45. The van der Waals surface area contributed by atoms with E-state index in [0.717, 1.165) is 28.6 Å². The van der Waals surface area contributed by atoms with E-state index >= 15 is 0 Å². The lowest BCUT2D eigenvalue weighted by Crippen LogP contribution is -2.37. The Bertz CT molecular complexity index is 1040. The Balaban J connectivity index is 1.84. The SMILES string of the molecule is COc1cc(/C=C2/SC(=S)N(C(C(=O)O)c3ccccc3)C2=O)ccc1OCCC(C)C. The average Bonchev–Trinajstić information content (AvgIpc) is 3.03. The van der Waals surface area contributed by atoms with Gasteiger partial charge >= 0.3 is 5.97 Å². The summed E-state index contributed by atoms with van der Waals surface area (Å²) < 4.78 is 11.5. The number of hydrogen-bond acceptors (Lipinski definition) is 6. The van der Waals surface area contributed by atoms with Crippen LogP contribution in [0.25, 0.3) is 6.08 Å². The topological polar surface area (TPSA) is 76.1 Å². The van der Waals surface area contributed by atoms with Crippen molar-refractivity contribution in [1.29, 1.82) is 0 Å². The van der Waals surface area contributed by atoms with E-state index in [-0.39, 0.29) is 4.32 Å². The van der Waals surface area contributed by atoms with Crippen LogP contribution in [0.2, 0.25) is 0 Å². The van der Waals surface area contributed by atoms with Crippen molar-refractivity contribution in [2.24, 2.45) is 5.92 Å². The maximum absolute atomic E-state index is 13.1. The summed E-state index contributed by atoms with van der Waals surface area (Å²) in [5, 5.41) is 9.79. The van der Waals surface area contributed by atoms with Crippen molar-refractivity contribution in [3.8, 4) is 11.5 Å². The molecule has 1 unspecified atom stereocenters. The second kappa shape index (κ2) is 10.7. The van der Waals surface area contributed by atoms with Crippen LogP contribution in [0, 0.1) is 5.92 Å². The fourth-order valence-corrected chi connectivity index (χ4v) is 4.50. The Labute approximate surface area is 197 Å². The van der Waals surface area contributed by atoms with Crippen molar-refractivity contribution in [2.75, 3.05) is 13.7 Å². The molecule has 1 fully saturated rings. The van der Waals surface area contributed by atoms with Crippen molar-refractivity contribution in [3.63, 3.8) is 0 Å². The number of benzene rings is 2. The molecular weight excluding hydrogens is 446 g/mol. The van der Waals surface area contributed by atoms with Gasteiger partial charge in [-0.3, -0.25) is 9.69 Å². The van der Waals surface area contributed by atoms with Crippen LogP contribution in [0.4, 0.5) is 0 Å². The molecule has 1 amide bonds. The molecule has 0 radical (unpaired) electrons. The molecule has 1 saturated heterocycles. The van der Waals surface area contributed by atoms with Gasteiger partial charge in [0.2, 0.25) is 0 Å². The largest absolute Gasteiger partial charge is 0.493 e. The Kier molecular flexibility index (Phi) is 7.93. The summed E-state index contributed by atoms with van der Waals surface area (Å²) in [5.74, 6) is 0.150. The maximum Gasteiger partial charge on any atom is 0.331 e. The van der Waals surface area contributed by atoms with Gasteiger partial charge in [0.05, 0.1) is 18.6 Å². The molecule has 8 heteroatoms.